The van der Waals surface area contributed by atoms with Crippen molar-refractivity contribution < 1.29 is 5.11 Å². The molecule has 1 aromatic carbocycles. The Hall–Kier alpha value is -2.54. The highest BCUT2D eigenvalue weighted by Gasteiger charge is 2.07. The molecule has 122 valence electrons. The lowest BCUT2D eigenvalue weighted by Crippen LogP contribution is -2.17. The number of aromatic hydroxyl groups is 1. The molecular formula is C15H19ClN6O. The number of anilines is 3. The first-order valence-electron chi connectivity index (χ1n) is 6.88. The molecule has 2 aromatic rings. The molecule has 0 spiro atoms. The van der Waals surface area contributed by atoms with Gasteiger partial charge in [-0.3, -0.25) is 5.43 Å². The molecule has 0 amide bonds. The van der Waals surface area contributed by atoms with Crippen molar-refractivity contribution in [2.45, 2.75) is 0 Å². The fourth-order valence-corrected chi connectivity index (χ4v) is 1.89. The number of phenols is 1. The molecule has 0 unspecified atom stereocenters. The molecular weight excluding hydrogens is 316 g/mol. The van der Waals surface area contributed by atoms with E-state index in [1.165, 1.54) is 12.3 Å². The third kappa shape index (κ3) is 4.46. The Morgan fingerprint density at radius 1 is 1.13 bits per heavy atom. The topological polar surface area (TPSA) is 76.9 Å². The maximum absolute atomic E-state index is 9.75. The van der Waals surface area contributed by atoms with E-state index in [2.05, 4.69) is 20.5 Å². The van der Waals surface area contributed by atoms with Gasteiger partial charge in [0.25, 0.3) is 0 Å². The van der Waals surface area contributed by atoms with Crippen LogP contribution in [0.4, 0.5) is 17.6 Å². The van der Waals surface area contributed by atoms with Gasteiger partial charge in [-0.15, -0.1) is 0 Å². The minimum Gasteiger partial charge on any atom is -0.507 e. The summed E-state index contributed by atoms with van der Waals surface area (Å²) < 4.78 is 0. The second-order valence-corrected chi connectivity index (χ2v) is 5.71. The minimum absolute atomic E-state index is 0.102. The summed E-state index contributed by atoms with van der Waals surface area (Å²) in [6, 6.07) is 6.53. The van der Waals surface area contributed by atoms with Crippen molar-refractivity contribution >= 4 is 35.4 Å². The van der Waals surface area contributed by atoms with Crippen molar-refractivity contribution in [1.82, 2.24) is 9.97 Å². The number of benzene rings is 1. The molecule has 2 N–H and O–H groups in total. The molecule has 0 atom stereocenters. The van der Waals surface area contributed by atoms with Crippen LogP contribution < -0.4 is 15.2 Å². The lowest BCUT2D eigenvalue weighted by Gasteiger charge is -2.17. The summed E-state index contributed by atoms with van der Waals surface area (Å²) in [7, 11) is 7.54. The van der Waals surface area contributed by atoms with Crippen LogP contribution in [-0.4, -0.2) is 49.5 Å². The molecule has 0 aliphatic heterocycles. The summed E-state index contributed by atoms with van der Waals surface area (Å²) in [4.78, 5) is 12.5. The zero-order valence-electron chi connectivity index (χ0n) is 13.4. The van der Waals surface area contributed by atoms with Crippen LogP contribution in [0.1, 0.15) is 5.56 Å². The smallest absolute Gasteiger partial charge is 0.228 e. The summed E-state index contributed by atoms with van der Waals surface area (Å²) in [6.07, 6.45) is 1.48. The number of rotatable bonds is 5. The first-order valence-corrected chi connectivity index (χ1v) is 7.26. The third-order valence-electron chi connectivity index (χ3n) is 2.93. The van der Waals surface area contributed by atoms with Crippen molar-refractivity contribution in [1.29, 1.82) is 0 Å². The van der Waals surface area contributed by atoms with Crippen LogP contribution in [-0.2, 0) is 0 Å². The Balaban J connectivity index is 2.22. The highest BCUT2D eigenvalue weighted by Crippen LogP contribution is 2.20. The van der Waals surface area contributed by atoms with Gasteiger partial charge in [0.2, 0.25) is 5.95 Å². The minimum atomic E-state index is 0.102. The number of hydrogen-bond donors (Lipinski definition) is 2. The molecule has 2 rings (SSSR count). The first kappa shape index (κ1) is 16.8. The van der Waals surface area contributed by atoms with Crippen molar-refractivity contribution in [2.24, 2.45) is 5.10 Å². The van der Waals surface area contributed by atoms with Crippen LogP contribution in [0.2, 0.25) is 5.02 Å². The zero-order valence-corrected chi connectivity index (χ0v) is 14.2. The normalized spacial score (nSPS) is 10.8. The van der Waals surface area contributed by atoms with E-state index in [1.807, 2.05) is 38.0 Å². The molecule has 0 saturated carbocycles. The zero-order chi connectivity index (χ0) is 17.0. The van der Waals surface area contributed by atoms with E-state index in [-0.39, 0.29) is 5.75 Å². The summed E-state index contributed by atoms with van der Waals surface area (Å²) in [5.41, 5.74) is 3.35. The number of hydrazone groups is 1. The summed E-state index contributed by atoms with van der Waals surface area (Å²) in [5.74, 6) is 1.97. The molecule has 0 saturated heterocycles. The highest BCUT2D eigenvalue weighted by atomic mass is 35.5. The SMILES string of the molecule is CN(C)c1cc(NN=Cc2cc(Cl)ccc2O)nc(N(C)C)n1. The second kappa shape index (κ2) is 7.15. The van der Waals surface area contributed by atoms with Gasteiger partial charge >= 0.3 is 0 Å². The number of aromatic nitrogens is 2. The Morgan fingerprint density at radius 2 is 1.87 bits per heavy atom. The van der Waals surface area contributed by atoms with Crippen LogP contribution in [0.3, 0.4) is 0 Å². The third-order valence-corrected chi connectivity index (χ3v) is 3.17. The Kier molecular flexibility index (Phi) is 5.23. The van der Waals surface area contributed by atoms with Crippen LogP contribution in [0.25, 0.3) is 0 Å². The predicted octanol–water partition coefficient (Wildman–Crippen LogP) is 2.41. The van der Waals surface area contributed by atoms with E-state index >= 15 is 0 Å². The van der Waals surface area contributed by atoms with Crippen molar-refractivity contribution in [2.75, 3.05) is 43.4 Å². The fraction of sp³-hybridized carbons (Fsp3) is 0.267. The fourth-order valence-electron chi connectivity index (χ4n) is 1.71. The first-order chi connectivity index (χ1) is 10.9. The van der Waals surface area contributed by atoms with Crippen LogP contribution in [0, 0.1) is 0 Å². The van der Waals surface area contributed by atoms with Crippen LogP contribution in [0.5, 0.6) is 5.75 Å². The molecule has 8 heteroatoms. The van der Waals surface area contributed by atoms with Gasteiger partial charge in [-0.1, -0.05) is 11.6 Å². The van der Waals surface area contributed by atoms with E-state index < -0.39 is 0 Å². The van der Waals surface area contributed by atoms with Gasteiger partial charge in [0.1, 0.15) is 11.6 Å². The van der Waals surface area contributed by atoms with Crippen molar-refractivity contribution in [3.63, 3.8) is 0 Å². The summed E-state index contributed by atoms with van der Waals surface area (Å²) >= 11 is 5.90. The van der Waals surface area contributed by atoms with Crippen molar-refractivity contribution in [3.05, 3.63) is 34.9 Å². The maximum atomic E-state index is 9.75. The molecule has 0 fully saturated rings. The molecule has 1 aromatic heterocycles. The van der Waals surface area contributed by atoms with Gasteiger partial charge in [-0.2, -0.15) is 15.1 Å². The predicted molar refractivity (Wildman–Crippen MR) is 95.0 cm³/mol. The van der Waals surface area contributed by atoms with Crippen LogP contribution >= 0.6 is 11.6 Å². The van der Waals surface area contributed by atoms with E-state index in [0.717, 1.165) is 5.82 Å². The maximum Gasteiger partial charge on any atom is 0.228 e. The Morgan fingerprint density at radius 3 is 2.52 bits per heavy atom. The quantitative estimate of drug-likeness (QED) is 0.646. The average Bonchev–Trinajstić information content (AvgIpc) is 2.50. The van der Waals surface area contributed by atoms with E-state index in [4.69, 9.17) is 11.6 Å². The number of halogens is 1. The van der Waals surface area contributed by atoms with Gasteiger partial charge in [0.15, 0.2) is 5.82 Å². The summed E-state index contributed by atoms with van der Waals surface area (Å²) in [6.45, 7) is 0. The molecule has 7 nitrogen and oxygen atoms in total. The molecule has 0 aliphatic rings. The largest absolute Gasteiger partial charge is 0.507 e. The number of nitrogens with zero attached hydrogens (tertiary/aromatic N) is 5. The van der Waals surface area contributed by atoms with Gasteiger partial charge in [0.05, 0.1) is 6.21 Å². The summed E-state index contributed by atoms with van der Waals surface area (Å²) in [5, 5.41) is 14.4. The molecule has 1 heterocycles. The van der Waals surface area contributed by atoms with Gasteiger partial charge in [-0.05, 0) is 18.2 Å². The van der Waals surface area contributed by atoms with Crippen LogP contribution in [0.15, 0.2) is 29.4 Å². The van der Waals surface area contributed by atoms with Crippen molar-refractivity contribution in [3.8, 4) is 5.75 Å². The average molecular weight is 335 g/mol. The second-order valence-electron chi connectivity index (χ2n) is 5.27. The molecule has 23 heavy (non-hydrogen) atoms. The van der Waals surface area contributed by atoms with Gasteiger partial charge in [-0.25, -0.2) is 0 Å². The lowest BCUT2D eigenvalue weighted by atomic mass is 10.2. The molecule has 0 aliphatic carbocycles. The Bertz CT molecular complexity index is 691. The number of phenolic OH excluding ortho intramolecular Hbond substituents is 1. The van der Waals surface area contributed by atoms with Gasteiger partial charge < -0.3 is 14.9 Å². The standard InChI is InChI=1S/C15H19ClN6O/c1-21(2)14-8-13(18-15(19-14)22(3)4)20-17-9-10-7-11(16)5-6-12(10)23/h5-9,23H,1-4H3,(H,18,19,20). The highest BCUT2D eigenvalue weighted by molar-refractivity contribution is 6.30. The van der Waals surface area contributed by atoms with E-state index in [1.54, 1.807) is 18.2 Å². The van der Waals surface area contributed by atoms with E-state index in [0.29, 0.717) is 22.4 Å². The number of hydrogen-bond acceptors (Lipinski definition) is 7. The lowest BCUT2D eigenvalue weighted by molar-refractivity contribution is 0.474. The Labute approximate surface area is 140 Å². The monoisotopic (exact) mass is 334 g/mol. The molecule has 0 bridgehead atoms. The van der Waals surface area contributed by atoms with E-state index in [9.17, 15) is 5.11 Å². The van der Waals surface area contributed by atoms with Gasteiger partial charge in [0, 0.05) is 44.8 Å². The number of nitrogens with one attached hydrogen (secondary N) is 1. The molecule has 0 radical (unpaired) electrons.